The molecular formula is C10H16N2OS. The predicted octanol–water partition coefficient (Wildman–Crippen LogP) is 1.50. The van der Waals surface area contributed by atoms with Crippen LogP contribution in [0.5, 0.6) is 0 Å². The minimum atomic E-state index is -0.0666. The van der Waals surface area contributed by atoms with Gasteiger partial charge in [-0.2, -0.15) is 17.0 Å². The van der Waals surface area contributed by atoms with Gasteiger partial charge in [-0.3, -0.25) is 4.79 Å². The predicted molar refractivity (Wildman–Crippen MR) is 57.9 cm³/mol. The summed E-state index contributed by atoms with van der Waals surface area (Å²) in [7, 11) is 0. The largest absolute Gasteiger partial charge is 0.341 e. The van der Waals surface area contributed by atoms with Crippen molar-refractivity contribution in [2.24, 2.45) is 5.92 Å². The zero-order valence-corrected chi connectivity index (χ0v) is 9.35. The quantitative estimate of drug-likeness (QED) is 0.649. The molecule has 0 radical (unpaired) electrons. The molecule has 0 aromatic carbocycles. The van der Waals surface area contributed by atoms with Crippen LogP contribution in [0.3, 0.4) is 0 Å². The highest BCUT2D eigenvalue weighted by atomic mass is 32.2. The number of hydrogen-bond acceptors (Lipinski definition) is 3. The zero-order chi connectivity index (χ0) is 10.4. The molecule has 1 amide bonds. The van der Waals surface area contributed by atoms with Crippen LogP contribution in [0.15, 0.2) is 0 Å². The average Bonchev–Trinajstić information content (AvgIpc) is 2.54. The Morgan fingerprint density at radius 1 is 1.64 bits per heavy atom. The minimum Gasteiger partial charge on any atom is -0.341 e. The lowest BCUT2D eigenvalue weighted by atomic mass is 10.1. The fraction of sp³-hybridized carbons (Fsp3) is 0.800. The van der Waals surface area contributed by atoms with Crippen molar-refractivity contribution in [3.05, 3.63) is 0 Å². The molecular weight excluding hydrogens is 196 g/mol. The fourth-order valence-electron chi connectivity index (χ4n) is 1.62. The molecule has 0 bridgehead atoms. The highest BCUT2D eigenvalue weighted by molar-refractivity contribution is 7.98. The Morgan fingerprint density at radius 2 is 2.43 bits per heavy atom. The number of hydrogen-bond donors (Lipinski definition) is 0. The lowest BCUT2D eigenvalue weighted by Crippen LogP contribution is -2.26. The van der Waals surface area contributed by atoms with E-state index in [-0.39, 0.29) is 11.8 Å². The van der Waals surface area contributed by atoms with Crippen LogP contribution in [0, 0.1) is 17.2 Å². The summed E-state index contributed by atoms with van der Waals surface area (Å²) in [6.45, 7) is 1.48. The number of likely N-dealkylation sites (tertiary alicyclic amines) is 1. The van der Waals surface area contributed by atoms with Gasteiger partial charge in [0, 0.05) is 19.5 Å². The molecule has 1 saturated heterocycles. The molecule has 0 spiro atoms. The van der Waals surface area contributed by atoms with Gasteiger partial charge in [0.2, 0.25) is 5.91 Å². The molecule has 3 nitrogen and oxygen atoms in total. The molecule has 1 heterocycles. The number of amides is 1. The van der Waals surface area contributed by atoms with E-state index in [0.717, 1.165) is 25.1 Å². The molecule has 0 aliphatic carbocycles. The summed E-state index contributed by atoms with van der Waals surface area (Å²) in [4.78, 5) is 13.2. The summed E-state index contributed by atoms with van der Waals surface area (Å²) in [6, 6.07) is 2.16. The zero-order valence-electron chi connectivity index (χ0n) is 8.53. The van der Waals surface area contributed by atoms with Gasteiger partial charge in [-0.15, -0.1) is 0 Å². The highest BCUT2D eigenvalue weighted by Gasteiger charge is 2.28. The SMILES string of the molecule is CSCCCCN1CC(C#N)CC1=O. The van der Waals surface area contributed by atoms with E-state index in [2.05, 4.69) is 12.3 Å². The number of nitrogens with zero attached hydrogens (tertiary/aromatic N) is 2. The maximum Gasteiger partial charge on any atom is 0.224 e. The van der Waals surface area contributed by atoms with Crippen molar-refractivity contribution in [1.29, 1.82) is 5.26 Å². The molecule has 1 aliphatic heterocycles. The molecule has 14 heavy (non-hydrogen) atoms. The Hall–Kier alpha value is -0.690. The van der Waals surface area contributed by atoms with Crippen molar-refractivity contribution >= 4 is 17.7 Å². The first kappa shape index (κ1) is 11.4. The summed E-state index contributed by atoms with van der Waals surface area (Å²) < 4.78 is 0. The maximum atomic E-state index is 11.4. The van der Waals surface area contributed by atoms with Gasteiger partial charge in [0.15, 0.2) is 0 Å². The van der Waals surface area contributed by atoms with Gasteiger partial charge in [0.25, 0.3) is 0 Å². The third kappa shape index (κ3) is 3.22. The van der Waals surface area contributed by atoms with Crippen molar-refractivity contribution in [2.75, 3.05) is 25.1 Å². The monoisotopic (exact) mass is 212 g/mol. The van der Waals surface area contributed by atoms with E-state index < -0.39 is 0 Å². The lowest BCUT2D eigenvalue weighted by Gasteiger charge is -2.14. The molecule has 0 aromatic heterocycles. The number of unbranched alkanes of at least 4 members (excludes halogenated alkanes) is 1. The molecule has 1 atom stereocenters. The molecule has 1 aliphatic rings. The van der Waals surface area contributed by atoms with Gasteiger partial charge in [0.05, 0.1) is 12.0 Å². The first-order valence-corrected chi connectivity index (χ1v) is 6.33. The summed E-state index contributed by atoms with van der Waals surface area (Å²) in [5, 5.41) is 8.68. The summed E-state index contributed by atoms with van der Waals surface area (Å²) in [5.74, 6) is 1.24. The normalized spacial score (nSPS) is 21.3. The van der Waals surface area contributed by atoms with Crippen molar-refractivity contribution in [3.63, 3.8) is 0 Å². The number of carbonyl (C=O) groups excluding carboxylic acids is 1. The number of carbonyl (C=O) groups is 1. The van der Waals surface area contributed by atoms with E-state index in [1.807, 2.05) is 16.7 Å². The molecule has 1 rings (SSSR count). The average molecular weight is 212 g/mol. The van der Waals surface area contributed by atoms with Crippen molar-refractivity contribution in [3.8, 4) is 6.07 Å². The molecule has 0 saturated carbocycles. The standard InChI is InChI=1S/C10H16N2OS/c1-14-5-3-2-4-12-8-9(7-11)6-10(12)13/h9H,2-6,8H2,1H3. The second kappa shape index (κ2) is 5.92. The van der Waals surface area contributed by atoms with Crippen LogP contribution >= 0.6 is 11.8 Å². The fourth-order valence-corrected chi connectivity index (χ4v) is 2.12. The topological polar surface area (TPSA) is 44.1 Å². The third-order valence-electron chi connectivity index (χ3n) is 2.42. The van der Waals surface area contributed by atoms with Crippen LogP contribution in [-0.4, -0.2) is 35.9 Å². The van der Waals surface area contributed by atoms with Crippen molar-refractivity contribution < 1.29 is 4.79 Å². The van der Waals surface area contributed by atoms with Crippen LogP contribution in [0.4, 0.5) is 0 Å². The van der Waals surface area contributed by atoms with E-state index >= 15 is 0 Å². The summed E-state index contributed by atoms with van der Waals surface area (Å²) in [6.07, 6.45) is 4.73. The van der Waals surface area contributed by atoms with Gasteiger partial charge < -0.3 is 4.90 Å². The Kier molecular flexibility index (Phi) is 4.81. The highest BCUT2D eigenvalue weighted by Crippen LogP contribution is 2.17. The first-order valence-electron chi connectivity index (χ1n) is 4.94. The van der Waals surface area contributed by atoms with Crippen LogP contribution in [-0.2, 0) is 4.79 Å². The number of nitriles is 1. The Labute approximate surface area is 89.5 Å². The molecule has 78 valence electrons. The summed E-state index contributed by atoms with van der Waals surface area (Å²) >= 11 is 1.83. The van der Waals surface area contributed by atoms with Gasteiger partial charge in [-0.1, -0.05) is 0 Å². The van der Waals surface area contributed by atoms with E-state index in [1.54, 1.807) is 0 Å². The van der Waals surface area contributed by atoms with Gasteiger partial charge in [-0.05, 0) is 24.9 Å². The number of rotatable bonds is 5. The molecule has 4 heteroatoms. The van der Waals surface area contributed by atoms with Gasteiger partial charge in [0.1, 0.15) is 0 Å². The molecule has 1 fully saturated rings. The minimum absolute atomic E-state index is 0.0666. The van der Waals surface area contributed by atoms with E-state index in [4.69, 9.17) is 5.26 Å². The molecule has 0 N–H and O–H groups in total. The van der Waals surface area contributed by atoms with E-state index in [1.165, 1.54) is 0 Å². The van der Waals surface area contributed by atoms with Crippen LogP contribution in [0.25, 0.3) is 0 Å². The van der Waals surface area contributed by atoms with E-state index in [9.17, 15) is 4.79 Å². The molecule has 1 unspecified atom stereocenters. The molecule has 0 aromatic rings. The maximum absolute atomic E-state index is 11.4. The van der Waals surface area contributed by atoms with E-state index in [0.29, 0.717) is 13.0 Å². The van der Waals surface area contributed by atoms with Crippen molar-refractivity contribution in [1.82, 2.24) is 4.90 Å². The van der Waals surface area contributed by atoms with Gasteiger partial charge >= 0.3 is 0 Å². The van der Waals surface area contributed by atoms with Crippen molar-refractivity contribution in [2.45, 2.75) is 19.3 Å². The van der Waals surface area contributed by atoms with Crippen LogP contribution < -0.4 is 0 Å². The third-order valence-corrected chi connectivity index (χ3v) is 3.12. The van der Waals surface area contributed by atoms with Crippen LogP contribution in [0.2, 0.25) is 0 Å². The Morgan fingerprint density at radius 3 is 3.00 bits per heavy atom. The Bertz CT molecular complexity index is 237. The van der Waals surface area contributed by atoms with Crippen LogP contribution in [0.1, 0.15) is 19.3 Å². The Balaban J connectivity index is 2.19. The second-order valence-electron chi connectivity index (χ2n) is 3.57. The van der Waals surface area contributed by atoms with Gasteiger partial charge in [-0.25, -0.2) is 0 Å². The first-order chi connectivity index (χ1) is 6.77. The lowest BCUT2D eigenvalue weighted by molar-refractivity contribution is -0.127. The number of thioether (sulfide) groups is 1. The summed E-state index contributed by atoms with van der Waals surface area (Å²) in [5.41, 5.74) is 0. The smallest absolute Gasteiger partial charge is 0.224 e. The second-order valence-corrected chi connectivity index (χ2v) is 4.56.